The minimum absolute atomic E-state index is 0.0296. The number of nitrogens with zero attached hydrogens (tertiary/aromatic N) is 3. The minimum Gasteiger partial charge on any atom is -0.353 e. The summed E-state index contributed by atoms with van der Waals surface area (Å²) in [6, 6.07) is 3.33. The number of aryl methyl sites for hydroxylation is 1. The SMILES string of the molecule is CC(=O)c1ccc(C(=O)NCCNc2ncnn2C)s1. The van der Waals surface area contributed by atoms with Gasteiger partial charge in [-0.05, 0) is 19.1 Å². The fourth-order valence-electron chi connectivity index (χ4n) is 1.54. The number of amides is 1. The highest BCUT2D eigenvalue weighted by molar-refractivity contribution is 7.15. The van der Waals surface area contributed by atoms with Crippen LogP contribution in [-0.2, 0) is 7.05 Å². The molecule has 8 heteroatoms. The summed E-state index contributed by atoms with van der Waals surface area (Å²) in [6.07, 6.45) is 1.45. The summed E-state index contributed by atoms with van der Waals surface area (Å²) in [5.74, 6) is 0.439. The fourth-order valence-corrected chi connectivity index (χ4v) is 2.36. The molecule has 7 nitrogen and oxygen atoms in total. The number of carbonyl (C=O) groups is 2. The van der Waals surface area contributed by atoms with Crippen LogP contribution < -0.4 is 10.6 Å². The number of thiophene rings is 1. The Morgan fingerprint density at radius 3 is 2.65 bits per heavy atom. The average Bonchev–Trinajstić information content (AvgIpc) is 3.03. The maximum atomic E-state index is 11.8. The number of ketones is 1. The number of anilines is 1. The number of aromatic nitrogens is 3. The molecule has 0 bridgehead atoms. The van der Waals surface area contributed by atoms with E-state index >= 15 is 0 Å². The molecule has 0 spiro atoms. The van der Waals surface area contributed by atoms with E-state index in [1.54, 1.807) is 23.9 Å². The van der Waals surface area contributed by atoms with E-state index in [0.29, 0.717) is 28.8 Å². The van der Waals surface area contributed by atoms with Crippen LogP contribution in [0.1, 0.15) is 26.3 Å². The smallest absolute Gasteiger partial charge is 0.261 e. The first kappa shape index (κ1) is 14.2. The molecule has 0 radical (unpaired) electrons. The molecule has 20 heavy (non-hydrogen) atoms. The van der Waals surface area contributed by atoms with Crippen LogP contribution >= 0.6 is 11.3 Å². The van der Waals surface area contributed by atoms with Crippen molar-refractivity contribution in [1.29, 1.82) is 0 Å². The molecular weight excluding hydrogens is 278 g/mol. The monoisotopic (exact) mass is 293 g/mol. The number of hydrogen-bond donors (Lipinski definition) is 2. The first-order valence-electron chi connectivity index (χ1n) is 6.05. The maximum absolute atomic E-state index is 11.8. The van der Waals surface area contributed by atoms with Gasteiger partial charge in [0.15, 0.2) is 5.78 Å². The summed E-state index contributed by atoms with van der Waals surface area (Å²) in [6.45, 7) is 2.49. The second-order valence-electron chi connectivity index (χ2n) is 4.11. The second kappa shape index (κ2) is 6.29. The van der Waals surface area contributed by atoms with Crippen molar-refractivity contribution >= 4 is 29.0 Å². The Morgan fingerprint density at radius 1 is 1.30 bits per heavy atom. The van der Waals surface area contributed by atoms with Crippen LogP contribution in [0.25, 0.3) is 0 Å². The van der Waals surface area contributed by atoms with Crippen LogP contribution in [0, 0.1) is 0 Å². The topological polar surface area (TPSA) is 88.9 Å². The summed E-state index contributed by atoms with van der Waals surface area (Å²) >= 11 is 1.20. The highest BCUT2D eigenvalue weighted by Crippen LogP contribution is 2.16. The van der Waals surface area contributed by atoms with Crippen molar-refractivity contribution in [2.75, 3.05) is 18.4 Å². The number of hydrogen-bond acceptors (Lipinski definition) is 6. The van der Waals surface area contributed by atoms with E-state index in [1.165, 1.54) is 24.6 Å². The third kappa shape index (κ3) is 3.41. The van der Waals surface area contributed by atoms with Gasteiger partial charge in [0.1, 0.15) is 6.33 Å². The first-order valence-corrected chi connectivity index (χ1v) is 6.86. The molecule has 0 atom stereocenters. The van der Waals surface area contributed by atoms with Crippen molar-refractivity contribution in [3.8, 4) is 0 Å². The molecule has 0 aliphatic heterocycles. The van der Waals surface area contributed by atoms with Gasteiger partial charge in [0.25, 0.3) is 5.91 Å². The Balaban J connectivity index is 1.77. The van der Waals surface area contributed by atoms with Gasteiger partial charge in [-0.15, -0.1) is 11.3 Å². The van der Waals surface area contributed by atoms with Crippen LogP contribution in [0.4, 0.5) is 5.95 Å². The third-order valence-electron chi connectivity index (χ3n) is 2.58. The van der Waals surface area contributed by atoms with Crippen LogP contribution in [-0.4, -0.2) is 39.5 Å². The molecule has 0 aliphatic carbocycles. The van der Waals surface area contributed by atoms with Crippen LogP contribution in [0.3, 0.4) is 0 Å². The normalized spacial score (nSPS) is 10.3. The predicted molar refractivity (Wildman–Crippen MR) is 76.1 cm³/mol. The van der Waals surface area contributed by atoms with Gasteiger partial charge in [-0.1, -0.05) is 0 Å². The lowest BCUT2D eigenvalue weighted by molar-refractivity contribution is 0.0958. The molecule has 0 aliphatic rings. The summed E-state index contributed by atoms with van der Waals surface area (Å²) < 4.78 is 1.61. The number of rotatable bonds is 6. The predicted octanol–water partition coefficient (Wildman–Crippen LogP) is 0.921. The van der Waals surface area contributed by atoms with E-state index in [0.717, 1.165) is 0 Å². The molecule has 2 rings (SSSR count). The number of Topliss-reactive ketones (excluding diaryl/α,β-unsaturated/α-hetero) is 1. The fraction of sp³-hybridized carbons (Fsp3) is 0.333. The van der Waals surface area contributed by atoms with E-state index in [4.69, 9.17) is 0 Å². The van der Waals surface area contributed by atoms with Gasteiger partial charge in [0, 0.05) is 20.1 Å². The van der Waals surface area contributed by atoms with Gasteiger partial charge in [-0.25, -0.2) is 4.68 Å². The van der Waals surface area contributed by atoms with E-state index in [9.17, 15) is 9.59 Å². The Morgan fingerprint density at radius 2 is 2.05 bits per heavy atom. The molecule has 0 saturated carbocycles. The zero-order valence-corrected chi connectivity index (χ0v) is 12.0. The van der Waals surface area contributed by atoms with Gasteiger partial charge in [0.2, 0.25) is 5.95 Å². The molecule has 0 unspecified atom stereocenters. The van der Waals surface area contributed by atoms with Gasteiger partial charge in [-0.3, -0.25) is 9.59 Å². The van der Waals surface area contributed by atoms with E-state index in [2.05, 4.69) is 20.7 Å². The third-order valence-corrected chi connectivity index (χ3v) is 3.77. The Bertz CT molecular complexity index is 619. The molecule has 1 amide bonds. The van der Waals surface area contributed by atoms with Crippen molar-refractivity contribution in [1.82, 2.24) is 20.1 Å². The highest BCUT2D eigenvalue weighted by Gasteiger charge is 2.10. The van der Waals surface area contributed by atoms with Gasteiger partial charge < -0.3 is 10.6 Å². The Labute approximate surface area is 120 Å². The maximum Gasteiger partial charge on any atom is 0.261 e. The molecule has 106 valence electrons. The van der Waals surface area contributed by atoms with Crippen molar-refractivity contribution in [3.63, 3.8) is 0 Å². The molecule has 2 aromatic heterocycles. The standard InChI is InChI=1S/C12H15N5O2S/c1-8(18)9-3-4-10(20-9)11(19)13-5-6-14-12-15-7-16-17(12)2/h3-4,7H,5-6H2,1-2H3,(H,13,19)(H,14,15,16). The summed E-state index contributed by atoms with van der Waals surface area (Å²) in [4.78, 5) is 28.1. The van der Waals surface area contributed by atoms with Crippen molar-refractivity contribution in [2.45, 2.75) is 6.92 Å². The summed E-state index contributed by atoms with van der Waals surface area (Å²) in [5, 5.41) is 9.74. The largest absolute Gasteiger partial charge is 0.353 e. The zero-order valence-electron chi connectivity index (χ0n) is 11.2. The van der Waals surface area contributed by atoms with Crippen LogP contribution in [0.2, 0.25) is 0 Å². The lowest BCUT2D eigenvalue weighted by Gasteiger charge is -2.05. The second-order valence-corrected chi connectivity index (χ2v) is 5.19. The van der Waals surface area contributed by atoms with Crippen molar-refractivity contribution in [3.05, 3.63) is 28.2 Å². The molecule has 2 heterocycles. The molecule has 0 saturated heterocycles. The summed E-state index contributed by atoms with van der Waals surface area (Å²) in [7, 11) is 1.78. The summed E-state index contributed by atoms with van der Waals surface area (Å²) in [5.41, 5.74) is 0. The van der Waals surface area contributed by atoms with Crippen molar-refractivity contribution in [2.24, 2.45) is 7.05 Å². The lowest BCUT2D eigenvalue weighted by Crippen LogP contribution is -2.28. The van der Waals surface area contributed by atoms with Gasteiger partial charge in [-0.2, -0.15) is 10.1 Å². The van der Waals surface area contributed by atoms with Gasteiger partial charge in [0.05, 0.1) is 9.75 Å². The van der Waals surface area contributed by atoms with E-state index in [1.807, 2.05) is 0 Å². The average molecular weight is 293 g/mol. The van der Waals surface area contributed by atoms with Gasteiger partial charge >= 0.3 is 0 Å². The molecule has 0 fully saturated rings. The molecule has 0 aromatic carbocycles. The lowest BCUT2D eigenvalue weighted by atomic mass is 10.3. The van der Waals surface area contributed by atoms with Crippen LogP contribution in [0.15, 0.2) is 18.5 Å². The molecule has 2 N–H and O–H groups in total. The van der Waals surface area contributed by atoms with Crippen LogP contribution in [0.5, 0.6) is 0 Å². The highest BCUT2D eigenvalue weighted by atomic mass is 32.1. The van der Waals surface area contributed by atoms with Crippen molar-refractivity contribution < 1.29 is 9.59 Å². The van der Waals surface area contributed by atoms with E-state index in [-0.39, 0.29) is 11.7 Å². The van der Waals surface area contributed by atoms with E-state index < -0.39 is 0 Å². The molecular formula is C12H15N5O2S. The minimum atomic E-state index is -0.178. The zero-order chi connectivity index (χ0) is 14.5. The number of carbonyl (C=O) groups excluding carboxylic acids is 2. The quantitative estimate of drug-likeness (QED) is 0.611. The Hall–Kier alpha value is -2.22. The first-order chi connectivity index (χ1) is 9.58. The Kier molecular flexibility index (Phi) is 4.46. The molecule has 2 aromatic rings. The number of nitrogens with one attached hydrogen (secondary N) is 2.